The minimum atomic E-state index is -0.331. The number of rotatable bonds is 6. The van der Waals surface area contributed by atoms with Crippen molar-refractivity contribution in [3.8, 4) is 17.1 Å². The lowest BCUT2D eigenvalue weighted by Gasteiger charge is -2.31. The number of likely N-dealkylation sites (N-methyl/N-ethyl adjacent to an activating group) is 1. The van der Waals surface area contributed by atoms with Crippen LogP contribution >= 0.6 is 0 Å². The summed E-state index contributed by atoms with van der Waals surface area (Å²) in [6.45, 7) is 10.8. The number of nitrogens with zero attached hydrogens (tertiary/aromatic N) is 6. The molecular weight excluding hydrogens is 524 g/mol. The summed E-state index contributed by atoms with van der Waals surface area (Å²) in [5.74, 6) is 0.864. The first kappa shape index (κ1) is 30.2. The van der Waals surface area contributed by atoms with Gasteiger partial charge in [-0.15, -0.1) is 0 Å². The van der Waals surface area contributed by atoms with E-state index < -0.39 is 0 Å². The van der Waals surface area contributed by atoms with Crippen LogP contribution in [-0.4, -0.2) is 92.8 Å². The van der Waals surface area contributed by atoms with Crippen LogP contribution in [0.3, 0.4) is 0 Å². The Morgan fingerprint density at radius 3 is 2.76 bits per heavy atom. The van der Waals surface area contributed by atoms with Gasteiger partial charge in [0, 0.05) is 32.1 Å². The van der Waals surface area contributed by atoms with E-state index in [1.165, 1.54) is 0 Å². The highest BCUT2D eigenvalue weighted by Gasteiger charge is 2.28. The number of aromatic amines is 1. The Bertz CT molecular complexity index is 1470. The summed E-state index contributed by atoms with van der Waals surface area (Å²) >= 11 is 0. The Balaban J connectivity index is 2.01. The molecule has 3 aromatic rings. The van der Waals surface area contributed by atoms with E-state index in [-0.39, 0.29) is 30.7 Å². The highest BCUT2D eigenvalue weighted by atomic mass is 16.5. The van der Waals surface area contributed by atoms with E-state index in [9.17, 15) is 5.11 Å². The van der Waals surface area contributed by atoms with Gasteiger partial charge in [-0.05, 0) is 59.9 Å². The summed E-state index contributed by atoms with van der Waals surface area (Å²) in [7, 11) is 5.51. The fourth-order valence-corrected chi connectivity index (χ4v) is 4.87. The van der Waals surface area contributed by atoms with Gasteiger partial charge in [0.2, 0.25) is 5.88 Å². The Hall–Kier alpha value is -3.74. The molecule has 3 aromatic heterocycles. The number of H-pyrrole nitrogens is 1. The number of aliphatic hydroxyl groups excluding tert-OH is 1. The average molecular weight is 567 g/mol. The quantitative estimate of drug-likeness (QED) is 0.383. The largest absolute Gasteiger partial charge is 0.479 e. The fourth-order valence-electron chi connectivity index (χ4n) is 4.87. The van der Waals surface area contributed by atoms with Crippen molar-refractivity contribution in [2.75, 3.05) is 33.9 Å². The summed E-state index contributed by atoms with van der Waals surface area (Å²) in [5.41, 5.74) is 12.3. The summed E-state index contributed by atoms with van der Waals surface area (Å²) in [6, 6.07) is 1.62. The second-order valence-corrected chi connectivity index (χ2v) is 10.4. The summed E-state index contributed by atoms with van der Waals surface area (Å²) in [6.07, 6.45) is 3.56. The number of ether oxygens (including phenoxy) is 3. The number of hydrogen-bond donors (Lipinski definition) is 3. The zero-order chi connectivity index (χ0) is 29.8. The molecule has 0 radical (unpaired) electrons. The molecule has 4 N–H and O–H groups in total. The van der Waals surface area contributed by atoms with Gasteiger partial charge >= 0.3 is 0 Å². The van der Waals surface area contributed by atoms with Crippen molar-refractivity contribution in [2.24, 2.45) is 17.8 Å². The van der Waals surface area contributed by atoms with E-state index in [1.54, 1.807) is 11.8 Å². The number of hydrogen-bond acceptors (Lipinski definition) is 10. The van der Waals surface area contributed by atoms with E-state index in [2.05, 4.69) is 22.0 Å². The minimum Gasteiger partial charge on any atom is -0.479 e. The van der Waals surface area contributed by atoms with Gasteiger partial charge in [-0.3, -0.25) is 20.0 Å². The summed E-state index contributed by atoms with van der Waals surface area (Å²) in [4.78, 5) is 11.9. The van der Waals surface area contributed by atoms with Gasteiger partial charge in [0.1, 0.15) is 17.3 Å². The van der Waals surface area contributed by atoms with Crippen molar-refractivity contribution < 1.29 is 19.3 Å². The van der Waals surface area contributed by atoms with Crippen molar-refractivity contribution in [2.45, 2.75) is 59.4 Å². The Morgan fingerprint density at radius 2 is 2.07 bits per heavy atom. The fraction of sp³-hybridized carbons (Fsp3) is 0.517. The number of aliphatic hydroxyl groups is 1. The topological polar surface area (TPSA) is 149 Å². The number of pyridine rings is 1. The molecule has 0 spiro atoms. The van der Waals surface area contributed by atoms with Crippen molar-refractivity contribution in [3.63, 3.8) is 0 Å². The molecule has 12 heteroatoms. The van der Waals surface area contributed by atoms with Gasteiger partial charge in [0.25, 0.3) is 0 Å². The normalized spacial score (nSPS) is 22.2. The zero-order valence-corrected chi connectivity index (χ0v) is 25.2. The van der Waals surface area contributed by atoms with Crippen molar-refractivity contribution >= 4 is 22.7 Å². The molecule has 3 atom stereocenters. The van der Waals surface area contributed by atoms with Gasteiger partial charge in [-0.2, -0.15) is 10.2 Å². The maximum absolute atomic E-state index is 9.82. The molecule has 1 aliphatic heterocycles. The molecule has 0 aromatic carbocycles. The van der Waals surface area contributed by atoms with E-state index in [4.69, 9.17) is 35.0 Å². The molecule has 0 unspecified atom stereocenters. The molecule has 41 heavy (non-hydrogen) atoms. The molecule has 0 amide bonds. The molecule has 4 heterocycles. The van der Waals surface area contributed by atoms with E-state index in [0.29, 0.717) is 42.6 Å². The molecule has 12 nitrogen and oxygen atoms in total. The predicted octanol–water partition coefficient (Wildman–Crippen LogP) is 2.96. The van der Waals surface area contributed by atoms with E-state index in [0.717, 1.165) is 33.5 Å². The van der Waals surface area contributed by atoms with Crippen LogP contribution in [0.5, 0.6) is 5.88 Å². The monoisotopic (exact) mass is 566 g/mol. The molecule has 0 fully saturated rings. The Labute approximate surface area is 240 Å². The van der Waals surface area contributed by atoms with Crippen molar-refractivity contribution in [1.29, 1.82) is 0 Å². The lowest BCUT2D eigenvalue weighted by atomic mass is 10.1. The number of nitrogens with two attached hydrogens (primary N) is 1. The maximum atomic E-state index is 9.82. The second kappa shape index (κ2) is 12.8. The van der Waals surface area contributed by atoms with E-state index in [1.807, 2.05) is 60.0 Å². The third-order valence-corrected chi connectivity index (χ3v) is 7.35. The van der Waals surface area contributed by atoms with Crippen LogP contribution in [0.1, 0.15) is 44.8 Å². The Morgan fingerprint density at radius 1 is 1.32 bits per heavy atom. The summed E-state index contributed by atoms with van der Waals surface area (Å²) in [5, 5.41) is 23.1. The lowest BCUT2D eigenvalue weighted by Crippen LogP contribution is -2.43. The Kier molecular flexibility index (Phi) is 9.46. The highest BCUT2D eigenvalue weighted by Crippen LogP contribution is 2.36. The summed E-state index contributed by atoms with van der Waals surface area (Å²) < 4.78 is 19.6. The number of allylic oxidation sites excluding steroid dienone is 1. The van der Waals surface area contributed by atoms with Crippen LogP contribution in [0.25, 0.3) is 28.2 Å². The van der Waals surface area contributed by atoms with E-state index >= 15 is 0 Å². The van der Waals surface area contributed by atoms with Gasteiger partial charge < -0.3 is 25.1 Å². The first-order chi connectivity index (χ1) is 19.6. The van der Waals surface area contributed by atoms with Gasteiger partial charge in [-0.25, -0.2) is 4.68 Å². The number of aryl methyl sites for hydroxylation is 2. The van der Waals surface area contributed by atoms with Crippen LogP contribution in [-0.2, 0) is 23.1 Å². The molecular formula is C29H42N8O4. The number of fused-ring (bicyclic) bond motifs is 3. The standard InChI is InChI=1S/C29H42N8O4/c1-9-40-28(30)20-10-11-22-21-12-23(32-17(3)27(21)34-33-22)26-25(15-39-8)35-37(7)29(26)41-19(5)18(4)36(6)13-24(20)31-16(2)14-38/h10-12,16,18-19,38H,9,13-15,30H2,1-8H3,(H,33,34)/b11-10+,28-20+,31-24?/t16-,18+,19-/m0/s1. The molecule has 0 saturated heterocycles. The van der Waals surface area contributed by atoms with Crippen molar-refractivity contribution in [3.05, 3.63) is 40.7 Å². The second-order valence-electron chi connectivity index (χ2n) is 10.4. The van der Waals surface area contributed by atoms with Crippen molar-refractivity contribution in [1.82, 2.24) is 29.9 Å². The first-order valence-corrected chi connectivity index (χ1v) is 13.9. The van der Waals surface area contributed by atoms with Gasteiger partial charge in [-0.1, -0.05) is 0 Å². The first-order valence-electron chi connectivity index (χ1n) is 13.9. The molecule has 0 aliphatic carbocycles. The third kappa shape index (κ3) is 6.29. The third-order valence-electron chi connectivity index (χ3n) is 7.35. The number of methoxy groups -OCH3 is 1. The smallest absolute Gasteiger partial charge is 0.221 e. The SMILES string of the molecule is CCO/C(N)=C1\C=C\c2[nH]nc3c(C)nc(cc23)-c2c(COC)nn(C)c2O[C@@H](C)[C@@H](C)N(C)CC1=N[C@@H](C)CO. The lowest BCUT2D eigenvalue weighted by molar-refractivity contribution is 0.107. The molecule has 222 valence electrons. The van der Waals surface area contributed by atoms with Crippen LogP contribution in [0, 0.1) is 6.92 Å². The van der Waals surface area contributed by atoms with Gasteiger partial charge in [0.15, 0.2) is 5.88 Å². The zero-order valence-electron chi connectivity index (χ0n) is 25.2. The number of nitrogens with one attached hydrogen (secondary N) is 1. The van der Waals surface area contributed by atoms with Crippen LogP contribution in [0.15, 0.2) is 28.6 Å². The maximum Gasteiger partial charge on any atom is 0.221 e. The minimum absolute atomic E-state index is 0.0453. The van der Waals surface area contributed by atoms with Crippen LogP contribution in [0.4, 0.5) is 0 Å². The molecule has 2 bridgehead atoms. The average Bonchev–Trinajstić information content (AvgIpc) is 3.48. The molecule has 4 rings (SSSR count). The van der Waals surface area contributed by atoms with Crippen LogP contribution < -0.4 is 10.5 Å². The highest BCUT2D eigenvalue weighted by molar-refractivity contribution is 6.05. The molecule has 0 saturated carbocycles. The number of aromatic nitrogens is 5. The number of aliphatic imine (C=N–C) groups is 1. The van der Waals surface area contributed by atoms with Gasteiger partial charge in [0.05, 0.1) is 59.8 Å². The molecule has 1 aliphatic rings. The van der Waals surface area contributed by atoms with Crippen LogP contribution in [0.2, 0.25) is 0 Å². The predicted molar refractivity (Wildman–Crippen MR) is 160 cm³/mol.